The number of carbonyl (C=O) groups excluding carboxylic acids is 2. The van der Waals surface area contributed by atoms with Crippen molar-refractivity contribution in [1.29, 1.82) is 0 Å². The summed E-state index contributed by atoms with van der Waals surface area (Å²) < 4.78 is 14.0. The summed E-state index contributed by atoms with van der Waals surface area (Å²) in [7, 11) is 0. The van der Waals surface area contributed by atoms with Gasteiger partial charge in [-0.3, -0.25) is 9.59 Å². The van der Waals surface area contributed by atoms with Gasteiger partial charge in [0.05, 0.1) is 0 Å². The molecule has 0 aromatic heterocycles. The first-order valence-electron chi connectivity index (χ1n) is 4.99. The number of carbonyl (C=O) groups is 2. The number of amides is 1. The van der Waals surface area contributed by atoms with Crippen LogP contribution in [0.4, 0.5) is 4.39 Å². The summed E-state index contributed by atoms with van der Waals surface area (Å²) in [6, 6.07) is 2.89. The van der Waals surface area contributed by atoms with Gasteiger partial charge in [-0.15, -0.1) is 0 Å². The Kier molecular flexibility index (Phi) is 2.77. The number of fused-ring (bicyclic) bond motifs is 1. The molecule has 0 saturated carbocycles. The third kappa shape index (κ3) is 1.85. The predicted octanol–water partition coefficient (Wildman–Crippen LogP) is 0.483. The fraction of sp³-hybridized carbons (Fsp3) is 0.167. The van der Waals surface area contributed by atoms with Crippen LogP contribution in [0.1, 0.15) is 22.8 Å². The van der Waals surface area contributed by atoms with Crippen molar-refractivity contribution in [2.45, 2.75) is 12.5 Å². The standard InChI is InChI=1S/C12H10FNO3/c13-10-8(11(16)12(14)17)2-1-7-3-6(5-15)4-9(7)10/h1-2,4-5,11,16H,3H2,(H2,14,17). The van der Waals surface area contributed by atoms with Gasteiger partial charge in [-0.05, 0) is 17.2 Å². The normalized spacial score (nSPS) is 15.1. The van der Waals surface area contributed by atoms with Gasteiger partial charge in [0.15, 0.2) is 6.10 Å². The van der Waals surface area contributed by atoms with Crippen molar-refractivity contribution in [3.05, 3.63) is 40.2 Å². The Morgan fingerprint density at radius 1 is 1.53 bits per heavy atom. The zero-order valence-electron chi connectivity index (χ0n) is 8.81. The van der Waals surface area contributed by atoms with E-state index in [4.69, 9.17) is 5.73 Å². The molecule has 0 bridgehead atoms. The van der Waals surface area contributed by atoms with Crippen LogP contribution in [-0.4, -0.2) is 17.3 Å². The maximum Gasteiger partial charge on any atom is 0.251 e. The van der Waals surface area contributed by atoms with Crippen molar-refractivity contribution < 1.29 is 19.1 Å². The van der Waals surface area contributed by atoms with Crippen LogP contribution < -0.4 is 5.73 Å². The number of nitrogens with two attached hydrogens (primary N) is 1. The molecule has 4 nitrogen and oxygen atoms in total. The predicted molar refractivity (Wildman–Crippen MR) is 58.3 cm³/mol. The Bertz CT molecular complexity index is 537. The summed E-state index contributed by atoms with van der Waals surface area (Å²) in [5.41, 5.74) is 6.10. The lowest BCUT2D eigenvalue weighted by Gasteiger charge is -2.10. The maximum absolute atomic E-state index is 14.0. The van der Waals surface area contributed by atoms with E-state index in [0.29, 0.717) is 23.8 Å². The Morgan fingerprint density at radius 3 is 2.82 bits per heavy atom. The molecule has 1 atom stereocenters. The molecule has 88 valence electrons. The van der Waals surface area contributed by atoms with Crippen LogP contribution in [0.3, 0.4) is 0 Å². The molecule has 1 aromatic carbocycles. The second kappa shape index (κ2) is 4.10. The van der Waals surface area contributed by atoms with Gasteiger partial charge in [0.1, 0.15) is 12.1 Å². The summed E-state index contributed by atoms with van der Waals surface area (Å²) >= 11 is 0. The Balaban J connectivity index is 2.50. The van der Waals surface area contributed by atoms with Gasteiger partial charge in [0.2, 0.25) is 0 Å². The fourth-order valence-corrected chi connectivity index (χ4v) is 1.86. The minimum atomic E-state index is -1.67. The average molecular weight is 235 g/mol. The van der Waals surface area contributed by atoms with Crippen LogP contribution in [0.2, 0.25) is 0 Å². The largest absolute Gasteiger partial charge is 0.378 e. The van der Waals surface area contributed by atoms with Gasteiger partial charge < -0.3 is 10.8 Å². The third-order valence-electron chi connectivity index (χ3n) is 2.74. The van der Waals surface area contributed by atoms with Crippen molar-refractivity contribution in [3.8, 4) is 0 Å². The Labute approximate surface area is 96.5 Å². The van der Waals surface area contributed by atoms with E-state index in [9.17, 15) is 19.1 Å². The summed E-state index contributed by atoms with van der Waals surface area (Å²) in [5, 5.41) is 9.43. The minimum Gasteiger partial charge on any atom is -0.378 e. The molecule has 1 aliphatic carbocycles. The monoisotopic (exact) mass is 235 g/mol. The molecule has 0 spiro atoms. The highest BCUT2D eigenvalue weighted by Gasteiger charge is 2.24. The second-order valence-corrected chi connectivity index (χ2v) is 3.86. The van der Waals surface area contributed by atoms with Crippen LogP contribution >= 0.6 is 0 Å². The van der Waals surface area contributed by atoms with E-state index >= 15 is 0 Å². The van der Waals surface area contributed by atoms with Crippen molar-refractivity contribution in [2.75, 3.05) is 0 Å². The summed E-state index contributed by atoms with van der Waals surface area (Å²) in [4.78, 5) is 21.4. The highest BCUT2D eigenvalue weighted by molar-refractivity contribution is 5.87. The van der Waals surface area contributed by atoms with Gasteiger partial charge in [-0.1, -0.05) is 12.1 Å². The second-order valence-electron chi connectivity index (χ2n) is 3.86. The summed E-state index contributed by atoms with van der Waals surface area (Å²) in [6.45, 7) is 0. The molecule has 1 aliphatic rings. The number of hydrogen-bond acceptors (Lipinski definition) is 3. The molecule has 17 heavy (non-hydrogen) atoms. The van der Waals surface area contributed by atoms with Gasteiger partial charge in [-0.25, -0.2) is 4.39 Å². The number of aldehydes is 1. The van der Waals surface area contributed by atoms with E-state index < -0.39 is 17.8 Å². The number of hydrogen-bond donors (Lipinski definition) is 2. The Hall–Kier alpha value is -2.01. The van der Waals surface area contributed by atoms with Gasteiger partial charge in [0, 0.05) is 17.5 Å². The molecule has 0 heterocycles. The number of halogens is 1. The molecule has 5 heteroatoms. The van der Waals surface area contributed by atoms with Crippen molar-refractivity contribution >= 4 is 18.3 Å². The zero-order valence-corrected chi connectivity index (χ0v) is 8.81. The van der Waals surface area contributed by atoms with E-state index in [2.05, 4.69) is 0 Å². The van der Waals surface area contributed by atoms with E-state index in [1.54, 1.807) is 6.07 Å². The molecule has 1 aromatic rings. The molecule has 2 rings (SSSR count). The van der Waals surface area contributed by atoms with Gasteiger partial charge >= 0.3 is 0 Å². The van der Waals surface area contributed by atoms with E-state index in [1.165, 1.54) is 12.1 Å². The van der Waals surface area contributed by atoms with E-state index in [0.717, 1.165) is 0 Å². The Morgan fingerprint density at radius 2 is 2.24 bits per heavy atom. The van der Waals surface area contributed by atoms with Crippen LogP contribution in [0.15, 0.2) is 17.7 Å². The SMILES string of the molecule is NC(=O)C(O)c1ccc2c(c1F)C=C(C=O)C2. The number of rotatable bonds is 3. The topological polar surface area (TPSA) is 80.4 Å². The molecule has 0 fully saturated rings. The van der Waals surface area contributed by atoms with Crippen LogP contribution in [0.25, 0.3) is 6.08 Å². The minimum absolute atomic E-state index is 0.167. The number of aliphatic hydroxyl groups is 1. The maximum atomic E-state index is 14.0. The zero-order chi connectivity index (χ0) is 12.6. The number of benzene rings is 1. The lowest BCUT2D eigenvalue weighted by Crippen LogP contribution is -2.22. The molecule has 0 saturated heterocycles. The van der Waals surface area contributed by atoms with Crippen LogP contribution in [0, 0.1) is 5.82 Å². The van der Waals surface area contributed by atoms with Crippen molar-refractivity contribution in [3.63, 3.8) is 0 Å². The first kappa shape index (κ1) is 11.5. The third-order valence-corrected chi connectivity index (χ3v) is 2.74. The smallest absolute Gasteiger partial charge is 0.251 e. The molecule has 3 N–H and O–H groups in total. The van der Waals surface area contributed by atoms with E-state index in [1.807, 2.05) is 0 Å². The summed E-state index contributed by atoms with van der Waals surface area (Å²) in [5.74, 6) is -1.72. The molecule has 1 amide bonds. The number of allylic oxidation sites excluding steroid dienone is 1. The molecule has 1 unspecified atom stereocenters. The number of primary amides is 1. The summed E-state index contributed by atoms with van der Waals surface area (Å²) in [6.07, 6.45) is 0.760. The van der Waals surface area contributed by atoms with Gasteiger partial charge in [-0.2, -0.15) is 0 Å². The van der Waals surface area contributed by atoms with Gasteiger partial charge in [0.25, 0.3) is 5.91 Å². The van der Waals surface area contributed by atoms with Crippen molar-refractivity contribution in [2.24, 2.45) is 5.73 Å². The van der Waals surface area contributed by atoms with Crippen LogP contribution in [-0.2, 0) is 16.0 Å². The fourth-order valence-electron chi connectivity index (χ4n) is 1.86. The molecular weight excluding hydrogens is 225 g/mol. The molecule has 0 aliphatic heterocycles. The molecule has 0 radical (unpaired) electrons. The number of aliphatic hydroxyl groups excluding tert-OH is 1. The van der Waals surface area contributed by atoms with Crippen molar-refractivity contribution in [1.82, 2.24) is 0 Å². The lowest BCUT2D eigenvalue weighted by atomic mass is 10.0. The highest BCUT2D eigenvalue weighted by Crippen LogP contribution is 2.30. The average Bonchev–Trinajstić information content (AvgIpc) is 2.72. The molecular formula is C12H10FNO3. The quantitative estimate of drug-likeness (QED) is 0.748. The lowest BCUT2D eigenvalue weighted by molar-refractivity contribution is -0.126. The van der Waals surface area contributed by atoms with E-state index in [-0.39, 0.29) is 11.1 Å². The highest BCUT2D eigenvalue weighted by atomic mass is 19.1. The first-order valence-corrected chi connectivity index (χ1v) is 4.99. The first-order chi connectivity index (χ1) is 8.04. The van der Waals surface area contributed by atoms with Crippen LogP contribution in [0.5, 0.6) is 0 Å².